The Balaban J connectivity index is 2.03. The number of amides is 1. The molecule has 0 aromatic carbocycles. The molecule has 1 aliphatic heterocycles. The second-order valence-electron chi connectivity index (χ2n) is 7.08. The van der Waals surface area contributed by atoms with Gasteiger partial charge in [-0.15, -0.1) is 0 Å². The first-order valence-electron chi connectivity index (χ1n) is 9.98. The average molecular weight is 431 g/mol. The van der Waals surface area contributed by atoms with Gasteiger partial charge in [0, 0.05) is 19.3 Å². The molecular formula is C21H26N4O2S2. The minimum absolute atomic E-state index is 0.133. The van der Waals surface area contributed by atoms with Crippen LogP contribution in [0.1, 0.15) is 50.7 Å². The number of carbonyl (C=O) groups excluding carboxylic acids is 1. The molecule has 0 unspecified atom stereocenters. The lowest BCUT2D eigenvalue weighted by Crippen LogP contribution is -2.29. The SMILES string of the molecule is CCCCCN1C(=O)/C(=C\c2c(NCCC)nc3ccc(C)cn3c2=O)SC1=S. The summed E-state index contributed by atoms with van der Waals surface area (Å²) in [6.45, 7) is 7.40. The van der Waals surface area contributed by atoms with Gasteiger partial charge in [0.25, 0.3) is 11.5 Å². The molecule has 154 valence electrons. The number of anilines is 1. The Morgan fingerprint density at radius 2 is 2.00 bits per heavy atom. The third-order valence-corrected chi connectivity index (χ3v) is 6.06. The molecule has 1 amide bonds. The summed E-state index contributed by atoms with van der Waals surface area (Å²) in [5.41, 5.74) is 1.72. The zero-order valence-corrected chi connectivity index (χ0v) is 18.7. The van der Waals surface area contributed by atoms with Gasteiger partial charge in [0.15, 0.2) is 0 Å². The van der Waals surface area contributed by atoms with E-state index in [9.17, 15) is 9.59 Å². The van der Waals surface area contributed by atoms with Crippen LogP contribution in [0.5, 0.6) is 0 Å². The van der Waals surface area contributed by atoms with Crippen LogP contribution in [-0.2, 0) is 4.79 Å². The van der Waals surface area contributed by atoms with E-state index in [1.165, 1.54) is 16.2 Å². The van der Waals surface area contributed by atoms with E-state index < -0.39 is 0 Å². The zero-order chi connectivity index (χ0) is 21.0. The van der Waals surface area contributed by atoms with E-state index in [1.54, 1.807) is 17.2 Å². The van der Waals surface area contributed by atoms with Gasteiger partial charge in [-0.3, -0.25) is 18.9 Å². The van der Waals surface area contributed by atoms with Crippen LogP contribution in [0, 0.1) is 6.92 Å². The fraction of sp³-hybridized carbons (Fsp3) is 0.429. The van der Waals surface area contributed by atoms with Gasteiger partial charge in [-0.2, -0.15) is 0 Å². The molecule has 3 heterocycles. The first kappa shape index (κ1) is 21.5. The molecule has 6 nitrogen and oxygen atoms in total. The predicted molar refractivity (Wildman–Crippen MR) is 124 cm³/mol. The van der Waals surface area contributed by atoms with Crippen molar-refractivity contribution in [3.05, 3.63) is 44.7 Å². The number of unbranched alkanes of at least 4 members (excludes halogenated alkanes) is 2. The monoisotopic (exact) mass is 430 g/mol. The summed E-state index contributed by atoms with van der Waals surface area (Å²) < 4.78 is 2.07. The van der Waals surface area contributed by atoms with Crippen molar-refractivity contribution in [1.29, 1.82) is 0 Å². The summed E-state index contributed by atoms with van der Waals surface area (Å²) in [6.07, 6.45) is 7.35. The van der Waals surface area contributed by atoms with Crippen molar-refractivity contribution >= 4 is 51.7 Å². The lowest BCUT2D eigenvalue weighted by atomic mass is 10.2. The van der Waals surface area contributed by atoms with Gasteiger partial charge < -0.3 is 5.32 Å². The van der Waals surface area contributed by atoms with Crippen LogP contribution in [-0.4, -0.2) is 37.6 Å². The molecule has 1 N–H and O–H groups in total. The first-order chi connectivity index (χ1) is 14.0. The normalized spacial score (nSPS) is 15.7. The molecule has 0 atom stereocenters. The van der Waals surface area contributed by atoms with Crippen molar-refractivity contribution in [1.82, 2.24) is 14.3 Å². The number of nitrogens with one attached hydrogen (secondary N) is 1. The van der Waals surface area contributed by atoms with Crippen LogP contribution in [0.25, 0.3) is 11.7 Å². The van der Waals surface area contributed by atoms with E-state index >= 15 is 0 Å². The molecular weight excluding hydrogens is 404 g/mol. The first-order valence-corrected chi connectivity index (χ1v) is 11.2. The van der Waals surface area contributed by atoms with Crippen molar-refractivity contribution in [3.63, 3.8) is 0 Å². The molecule has 3 rings (SSSR count). The second-order valence-corrected chi connectivity index (χ2v) is 8.76. The van der Waals surface area contributed by atoms with Crippen molar-refractivity contribution in [2.75, 3.05) is 18.4 Å². The summed E-state index contributed by atoms with van der Waals surface area (Å²) in [5.74, 6) is 0.364. The summed E-state index contributed by atoms with van der Waals surface area (Å²) in [4.78, 5) is 32.8. The maximum atomic E-state index is 13.2. The van der Waals surface area contributed by atoms with Crippen molar-refractivity contribution in [2.24, 2.45) is 0 Å². The van der Waals surface area contributed by atoms with Gasteiger partial charge in [0.05, 0.1) is 10.5 Å². The van der Waals surface area contributed by atoms with E-state index in [0.717, 1.165) is 31.2 Å². The molecule has 8 heteroatoms. The standard InChI is InChI=1S/C21H26N4O2S2/c1-4-6-7-11-24-20(27)16(29-21(24)28)12-15-18(22-10-5-2)23-17-9-8-14(3)13-25(17)19(15)26/h8-9,12-13,22H,4-7,10-11H2,1-3H3/b16-12+. The Kier molecular flexibility index (Phi) is 7.08. The van der Waals surface area contributed by atoms with Crippen LogP contribution in [0.4, 0.5) is 5.82 Å². The van der Waals surface area contributed by atoms with Gasteiger partial charge >= 0.3 is 0 Å². The summed E-state index contributed by atoms with van der Waals surface area (Å²) in [7, 11) is 0. The number of pyridine rings is 1. The summed E-state index contributed by atoms with van der Waals surface area (Å²) >= 11 is 6.65. The van der Waals surface area contributed by atoms with Crippen LogP contribution in [0.15, 0.2) is 28.0 Å². The Morgan fingerprint density at radius 3 is 2.72 bits per heavy atom. The number of aromatic nitrogens is 2. The lowest BCUT2D eigenvalue weighted by Gasteiger charge is -2.13. The molecule has 2 aromatic heterocycles. The van der Waals surface area contributed by atoms with Gasteiger partial charge in [-0.25, -0.2) is 4.98 Å². The molecule has 29 heavy (non-hydrogen) atoms. The lowest BCUT2D eigenvalue weighted by molar-refractivity contribution is -0.122. The Bertz CT molecular complexity index is 1030. The van der Waals surface area contributed by atoms with Gasteiger partial charge in [-0.05, 0) is 37.5 Å². The van der Waals surface area contributed by atoms with E-state index in [2.05, 4.69) is 17.2 Å². The quantitative estimate of drug-likeness (QED) is 0.384. The number of hydrogen-bond acceptors (Lipinski definition) is 6. The maximum Gasteiger partial charge on any atom is 0.267 e. The van der Waals surface area contributed by atoms with E-state index in [-0.39, 0.29) is 11.5 Å². The highest BCUT2D eigenvalue weighted by Gasteiger charge is 2.32. The molecule has 2 aromatic rings. The second kappa shape index (κ2) is 9.54. The van der Waals surface area contributed by atoms with Gasteiger partial charge in [-0.1, -0.05) is 56.7 Å². The molecule has 0 radical (unpaired) electrons. The number of nitrogens with zero attached hydrogens (tertiary/aromatic N) is 3. The fourth-order valence-corrected chi connectivity index (χ4v) is 4.40. The largest absolute Gasteiger partial charge is 0.369 e. The molecule has 1 fully saturated rings. The predicted octanol–water partition coefficient (Wildman–Crippen LogP) is 4.22. The number of thioether (sulfide) groups is 1. The van der Waals surface area contributed by atoms with Crippen LogP contribution >= 0.6 is 24.0 Å². The smallest absolute Gasteiger partial charge is 0.267 e. The maximum absolute atomic E-state index is 13.2. The number of fused-ring (bicyclic) bond motifs is 1. The van der Waals surface area contributed by atoms with Crippen molar-refractivity contribution in [2.45, 2.75) is 46.5 Å². The Hall–Kier alpha value is -2.19. The number of thiocarbonyl (C=S) groups is 1. The van der Waals surface area contributed by atoms with Crippen molar-refractivity contribution < 1.29 is 4.79 Å². The summed E-state index contributed by atoms with van der Waals surface area (Å²) in [6, 6.07) is 3.75. The highest BCUT2D eigenvalue weighted by atomic mass is 32.2. The van der Waals surface area contributed by atoms with Crippen LogP contribution in [0.3, 0.4) is 0 Å². The number of rotatable bonds is 8. The highest BCUT2D eigenvalue weighted by molar-refractivity contribution is 8.26. The minimum atomic E-state index is -0.200. The molecule has 0 bridgehead atoms. The van der Waals surface area contributed by atoms with E-state index in [4.69, 9.17) is 12.2 Å². The van der Waals surface area contributed by atoms with E-state index in [1.807, 2.05) is 26.0 Å². The molecule has 0 saturated carbocycles. The molecule has 0 spiro atoms. The number of carbonyl (C=O) groups is 1. The van der Waals surface area contributed by atoms with Crippen LogP contribution < -0.4 is 10.9 Å². The number of aryl methyl sites for hydroxylation is 1. The van der Waals surface area contributed by atoms with Crippen LogP contribution in [0.2, 0.25) is 0 Å². The third-order valence-electron chi connectivity index (χ3n) is 4.68. The Morgan fingerprint density at radius 1 is 1.21 bits per heavy atom. The van der Waals surface area contributed by atoms with Gasteiger partial charge in [0.1, 0.15) is 15.8 Å². The van der Waals surface area contributed by atoms with Crippen molar-refractivity contribution in [3.8, 4) is 0 Å². The minimum Gasteiger partial charge on any atom is -0.369 e. The molecule has 1 aliphatic rings. The third kappa shape index (κ3) is 4.70. The van der Waals surface area contributed by atoms with Gasteiger partial charge in [0.2, 0.25) is 0 Å². The Labute approximate surface area is 180 Å². The molecule has 1 saturated heterocycles. The highest BCUT2D eigenvalue weighted by Crippen LogP contribution is 2.33. The fourth-order valence-electron chi connectivity index (χ4n) is 3.11. The zero-order valence-electron chi connectivity index (χ0n) is 17.0. The topological polar surface area (TPSA) is 66.7 Å². The number of hydrogen-bond donors (Lipinski definition) is 1. The summed E-state index contributed by atoms with van der Waals surface area (Å²) in [5, 5.41) is 3.23. The molecule has 0 aliphatic carbocycles. The van der Waals surface area contributed by atoms with E-state index in [0.29, 0.717) is 39.3 Å². The average Bonchev–Trinajstić information content (AvgIpc) is 2.97.